The average molecular weight is 144 g/mol. The summed E-state index contributed by atoms with van der Waals surface area (Å²) in [7, 11) is 1.68. The lowest BCUT2D eigenvalue weighted by Gasteiger charge is -2.16. The fraction of sp³-hybridized carbons (Fsp3) is 1.00. The van der Waals surface area contributed by atoms with Crippen LogP contribution in [0.4, 0.5) is 0 Å². The predicted molar refractivity (Wildman–Crippen MR) is 39.8 cm³/mol. The lowest BCUT2D eigenvalue weighted by atomic mass is 10.0. The summed E-state index contributed by atoms with van der Waals surface area (Å²) in [4.78, 5) is 0. The summed E-state index contributed by atoms with van der Waals surface area (Å²) < 4.78 is 4.94. The van der Waals surface area contributed by atoms with Crippen LogP contribution in [0.15, 0.2) is 0 Å². The van der Waals surface area contributed by atoms with Gasteiger partial charge in [0.1, 0.15) is 0 Å². The number of aliphatic hydroxyl groups is 1. The zero-order valence-corrected chi connectivity index (χ0v) is 6.71. The Morgan fingerprint density at radius 2 is 2.20 bits per heavy atom. The molecule has 1 fully saturated rings. The van der Waals surface area contributed by atoms with E-state index in [1.165, 1.54) is 12.8 Å². The highest BCUT2D eigenvalue weighted by molar-refractivity contribution is 4.83. The Balaban J connectivity index is 2.17. The maximum Gasteiger partial charge on any atom is 0.0615 e. The maximum atomic E-state index is 9.51. The van der Waals surface area contributed by atoms with E-state index in [-0.39, 0.29) is 6.10 Å². The summed E-state index contributed by atoms with van der Waals surface area (Å²) in [6.45, 7) is 2.71. The van der Waals surface area contributed by atoms with Gasteiger partial charge < -0.3 is 9.84 Å². The minimum atomic E-state index is -0.125. The zero-order valence-electron chi connectivity index (χ0n) is 6.71. The van der Waals surface area contributed by atoms with Gasteiger partial charge in [0.25, 0.3) is 0 Å². The molecule has 1 aliphatic rings. The lowest BCUT2D eigenvalue weighted by Crippen LogP contribution is -2.23. The molecule has 0 bridgehead atoms. The second kappa shape index (κ2) is 3.35. The first-order chi connectivity index (χ1) is 4.75. The first kappa shape index (κ1) is 8.02. The van der Waals surface area contributed by atoms with Gasteiger partial charge >= 0.3 is 0 Å². The van der Waals surface area contributed by atoms with Gasteiger partial charge in [0.15, 0.2) is 0 Å². The molecular formula is C8H16O2. The highest BCUT2D eigenvalue weighted by Crippen LogP contribution is 2.35. The topological polar surface area (TPSA) is 29.5 Å². The molecule has 0 aromatic rings. The minimum Gasteiger partial charge on any atom is -0.392 e. The van der Waals surface area contributed by atoms with Crippen LogP contribution >= 0.6 is 0 Å². The molecule has 1 N–H and O–H groups in total. The van der Waals surface area contributed by atoms with E-state index in [1.54, 1.807) is 7.11 Å². The zero-order chi connectivity index (χ0) is 7.56. The van der Waals surface area contributed by atoms with Gasteiger partial charge in [0.2, 0.25) is 0 Å². The maximum absolute atomic E-state index is 9.51. The van der Waals surface area contributed by atoms with Crippen LogP contribution in [0.3, 0.4) is 0 Å². The lowest BCUT2D eigenvalue weighted by molar-refractivity contribution is 0.0436. The molecule has 10 heavy (non-hydrogen) atoms. The largest absolute Gasteiger partial charge is 0.392 e. The van der Waals surface area contributed by atoms with Gasteiger partial charge in [0, 0.05) is 13.0 Å². The van der Waals surface area contributed by atoms with Gasteiger partial charge in [0.05, 0.1) is 12.7 Å². The fourth-order valence-corrected chi connectivity index (χ4v) is 1.26. The molecule has 0 aromatic carbocycles. The highest BCUT2D eigenvalue weighted by Gasteiger charge is 2.32. The second-order valence-corrected chi connectivity index (χ2v) is 3.26. The van der Waals surface area contributed by atoms with Gasteiger partial charge in [-0.15, -0.1) is 0 Å². The Morgan fingerprint density at radius 3 is 2.60 bits per heavy atom. The molecule has 0 radical (unpaired) electrons. The molecule has 1 aliphatic carbocycles. The summed E-state index contributed by atoms with van der Waals surface area (Å²) in [5.74, 6) is 0.877. The van der Waals surface area contributed by atoms with Gasteiger partial charge in [-0.05, 0) is 18.8 Å². The SMILES string of the molecule is COCC(C)C(O)C1CC1. The molecule has 2 heteroatoms. The molecule has 0 aliphatic heterocycles. The molecule has 60 valence electrons. The number of rotatable bonds is 4. The van der Waals surface area contributed by atoms with Crippen molar-refractivity contribution in [1.29, 1.82) is 0 Å². The molecular weight excluding hydrogens is 128 g/mol. The van der Waals surface area contributed by atoms with Crippen LogP contribution in [0.2, 0.25) is 0 Å². The quantitative estimate of drug-likeness (QED) is 0.638. The highest BCUT2D eigenvalue weighted by atomic mass is 16.5. The van der Waals surface area contributed by atoms with E-state index in [0.717, 1.165) is 0 Å². The monoisotopic (exact) mass is 144 g/mol. The Labute approximate surface area is 62.2 Å². The minimum absolute atomic E-state index is 0.125. The van der Waals surface area contributed by atoms with Crippen LogP contribution in [-0.2, 0) is 4.74 Å². The first-order valence-electron chi connectivity index (χ1n) is 3.92. The molecule has 2 unspecified atom stereocenters. The third kappa shape index (κ3) is 1.96. The van der Waals surface area contributed by atoms with Gasteiger partial charge in [-0.25, -0.2) is 0 Å². The molecule has 1 saturated carbocycles. The van der Waals surface area contributed by atoms with Crippen molar-refractivity contribution in [3.63, 3.8) is 0 Å². The van der Waals surface area contributed by atoms with Crippen LogP contribution in [0.25, 0.3) is 0 Å². The van der Waals surface area contributed by atoms with Crippen molar-refractivity contribution in [3.8, 4) is 0 Å². The Kier molecular flexibility index (Phi) is 2.69. The van der Waals surface area contributed by atoms with E-state index in [2.05, 4.69) is 0 Å². The summed E-state index contributed by atoms with van der Waals surface area (Å²) in [6.07, 6.45) is 2.28. The molecule has 0 aromatic heterocycles. The molecule has 2 atom stereocenters. The standard InChI is InChI=1S/C8H16O2/c1-6(5-10-2)8(9)7-3-4-7/h6-9H,3-5H2,1-2H3. The van der Waals surface area contributed by atoms with Crippen LogP contribution in [0, 0.1) is 11.8 Å². The van der Waals surface area contributed by atoms with Gasteiger partial charge in [-0.3, -0.25) is 0 Å². The van der Waals surface area contributed by atoms with Crippen molar-refractivity contribution in [2.75, 3.05) is 13.7 Å². The molecule has 2 nitrogen and oxygen atoms in total. The molecule has 0 spiro atoms. The normalized spacial score (nSPS) is 24.3. The molecule has 0 amide bonds. The third-order valence-electron chi connectivity index (χ3n) is 2.12. The summed E-state index contributed by atoms with van der Waals surface area (Å²) >= 11 is 0. The fourth-order valence-electron chi connectivity index (χ4n) is 1.26. The summed E-state index contributed by atoms with van der Waals surface area (Å²) in [5, 5.41) is 9.51. The van der Waals surface area contributed by atoms with E-state index in [1.807, 2.05) is 6.92 Å². The third-order valence-corrected chi connectivity index (χ3v) is 2.12. The van der Waals surface area contributed by atoms with Crippen LogP contribution in [0.5, 0.6) is 0 Å². The van der Waals surface area contributed by atoms with Crippen LogP contribution < -0.4 is 0 Å². The Morgan fingerprint density at radius 1 is 1.60 bits per heavy atom. The summed E-state index contributed by atoms with van der Waals surface area (Å²) in [6, 6.07) is 0. The van der Waals surface area contributed by atoms with E-state index in [9.17, 15) is 5.11 Å². The summed E-state index contributed by atoms with van der Waals surface area (Å²) in [5.41, 5.74) is 0. The number of hydrogen-bond donors (Lipinski definition) is 1. The molecule has 1 rings (SSSR count). The first-order valence-corrected chi connectivity index (χ1v) is 3.92. The Hall–Kier alpha value is -0.0800. The van der Waals surface area contributed by atoms with E-state index in [0.29, 0.717) is 18.4 Å². The van der Waals surface area contributed by atoms with Crippen molar-refractivity contribution in [2.45, 2.75) is 25.9 Å². The average Bonchev–Trinajstić information content (AvgIpc) is 2.68. The van der Waals surface area contributed by atoms with Gasteiger partial charge in [-0.2, -0.15) is 0 Å². The van der Waals surface area contributed by atoms with Crippen LogP contribution in [0.1, 0.15) is 19.8 Å². The predicted octanol–water partition coefficient (Wildman–Crippen LogP) is 1.04. The smallest absolute Gasteiger partial charge is 0.0615 e. The molecule has 0 saturated heterocycles. The van der Waals surface area contributed by atoms with E-state index < -0.39 is 0 Å². The van der Waals surface area contributed by atoms with Crippen molar-refractivity contribution < 1.29 is 9.84 Å². The van der Waals surface area contributed by atoms with Crippen molar-refractivity contribution in [1.82, 2.24) is 0 Å². The van der Waals surface area contributed by atoms with E-state index in [4.69, 9.17) is 4.74 Å². The number of aliphatic hydroxyl groups excluding tert-OH is 1. The second-order valence-electron chi connectivity index (χ2n) is 3.26. The van der Waals surface area contributed by atoms with Gasteiger partial charge in [-0.1, -0.05) is 6.92 Å². The Bertz CT molecular complexity index is 99.4. The van der Waals surface area contributed by atoms with Crippen molar-refractivity contribution in [2.24, 2.45) is 11.8 Å². The van der Waals surface area contributed by atoms with Crippen LogP contribution in [-0.4, -0.2) is 24.9 Å². The number of methoxy groups -OCH3 is 1. The van der Waals surface area contributed by atoms with Crippen molar-refractivity contribution in [3.05, 3.63) is 0 Å². The molecule has 0 heterocycles. The van der Waals surface area contributed by atoms with E-state index >= 15 is 0 Å². The number of hydrogen-bond acceptors (Lipinski definition) is 2. The number of ether oxygens (including phenoxy) is 1. The van der Waals surface area contributed by atoms with Crippen molar-refractivity contribution >= 4 is 0 Å².